The molecule has 19 heavy (non-hydrogen) atoms. The molecule has 2 nitrogen and oxygen atoms in total. The van der Waals surface area contributed by atoms with Crippen molar-refractivity contribution in [3.8, 4) is 5.75 Å². The first kappa shape index (κ1) is 14.4. The van der Waals surface area contributed by atoms with Crippen LogP contribution in [-0.4, -0.2) is 11.5 Å². The van der Waals surface area contributed by atoms with Crippen LogP contribution in [0, 0.1) is 0 Å². The lowest BCUT2D eigenvalue weighted by Gasteiger charge is -2.12. The van der Waals surface area contributed by atoms with Crippen LogP contribution in [0.25, 0.3) is 0 Å². The van der Waals surface area contributed by atoms with E-state index in [9.17, 15) is 18.3 Å². The first-order chi connectivity index (χ1) is 8.87. The molecule has 1 heterocycles. The number of benzene rings is 1. The van der Waals surface area contributed by atoms with Gasteiger partial charge in [0.05, 0.1) is 4.88 Å². The Morgan fingerprint density at radius 1 is 1.16 bits per heavy atom. The van der Waals surface area contributed by atoms with Gasteiger partial charge in [0, 0.05) is 4.47 Å². The topological polar surface area (TPSA) is 29.5 Å². The molecule has 0 amide bonds. The lowest BCUT2D eigenvalue weighted by molar-refractivity contribution is -0.274. The van der Waals surface area contributed by atoms with Crippen molar-refractivity contribution in [1.82, 2.24) is 0 Å². The summed E-state index contributed by atoms with van der Waals surface area (Å²) in [4.78, 5) is 0.699. The zero-order valence-corrected chi connectivity index (χ0v) is 11.7. The van der Waals surface area contributed by atoms with Crippen molar-refractivity contribution in [1.29, 1.82) is 0 Å². The van der Waals surface area contributed by atoms with Gasteiger partial charge in [0.1, 0.15) is 11.9 Å². The van der Waals surface area contributed by atoms with Crippen LogP contribution in [-0.2, 0) is 0 Å². The number of aliphatic hydroxyl groups excluding tert-OH is 1. The molecule has 1 N–H and O–H groups in total. The van der Waals surface area contributed by atoms with Crippen LogP contribution in [0.5, 0.6) is 5.75 Å². The fourth-order valence-electron chi connectivity index (χ4n) is 1.50. The van der Waals surface area contributed by atoms with Gasteiger partial charge in [0.2, 0.25) is 0 Å². The Bertz CT molecular complexity index is 551. The molecule has 0 fully saturated rings. The molecule has 0 aliphatic heterocycles. The van der Waals surface area contributed by atoms with Gasteiger partial charge in [-0.3, -0.25) is 0 Å². The quantitative estimate of drug-likeness (QED) is 0.881. The summed E-state index contributed by atoms with van der Waals surface area (Å²) >= 11 is 4.65. The highest BCUT2D eigenvalue weighted by Gasteiger charge is 2.31. The van der Waals surface area contributed by atoms with Crippen LogP contribution in [0.15, 0.2) is 40.2 Å². The standard InChI is InChI=1S/C12H8BrF3O2S/c13-9-5-6-19-11(9)10(17)7-1-3-8(4-2-7)18-12(14,15)16/h1-6,10,17H. The van der Waals surface area contributed by atoms with Gasteiger partial charge in [-0.1, -0.05) is 12.1 Å². The molecule has 1 unspecified atom stereocenters. The smallest absolute Gasteiger partial charge is 0.406 e. The summed E-state index contributed by atoms with van der Waals surface area (Å²) in [6.45, 7) is 0. The minimum Gasteiger partial charge on any atom is -0.406 e. The lowest BCUT2D eigenvalue weighted by atomic mass is 10.1. The van der Waals surface area contributed by atoms with Crippen molar-refractivity contribution >= 4 is 27.3 Å². The van der Waals surface area contributed by atoms with Crippen LogP contribution >= 0.6 is 27.3 Å². The van der Waals surface area contributed by atoms with Gasteiger partial charge in [0.15, 0.2) is 0 Å². The van der Waals surface area contributed by atoms with Gasteiger partial charge in [-0.2, -0.15) is 0 Å². The van der Waals surface area contributed by atoms with Crippen LogP contribution in [0.4, 0.5) is 13.2 Å². The maximum Gasteiger partial charge on any atom is 0.573 e. The third-order valence-corrected chi connectivity index (χ3v) is 4.25. The van der Waals surface area contributed by atoms with Gasteiger partial charge >= 0.3 is 6.36 Å². The molecule has 0 saturated carbocycles. The molecule has 1 atom stereocenters. The maximum absolute atomic E-state index is 12.0. The Balaban J connectivity index is 2.17. The Hall–Kier alpha value is -1.05. The monoisotopic (exact) mass is 352 g/mol. The second-order valence-electron chi connectivity index (χ2n) is 3.65. The molecule has 1 aromatic carbocycles. The predicted molar refractivity (Wildman–Crippen MR) is 69.2 cm³/mol. The van der Waals surface area contributed by atoms with Crippen molar-refractivity contribution in [3.63, 3.8) is 0 Å². The highest BCUT2D eigenvalue weighted by Crippen LogP contribution is 2.34. The molecule has 102 valence electrons. The van der Waals surface area contributed by atoms with Gasteiger partial charge < -0.3 is 9.84 Å². The second-order valence-corrected chi connectivity index (χ2v) is 5.45. The molecule has 0 saturated heterocycles. The van der Waals surface area contributed by atoms with E-state index in [0.717, 1.165) is 4.47 Å². The molecule has 0 aliphatic carbocycles. The lowest BCUT2D eigenvalue weighted by Crippen LogP contribution is -2.17. The number of rotatable bonds is 3. The molecule has 7 heteroatoms. The maximum atomic E-state index is 12.0. The van der Waals surface area contributed by atoms with Gasteiger partial charge in [-0.05, 0) is 45.1 Å². The minimum atomic E-state index is -4.71. The average molecular weight is 353 g/mol. The summed E-state index contributed by atoms with van der Waals surface area (Å²) < 4.78 is 40.5. The Morgan fingerprint density at radius 2 is 1.79 bits per heavy atom. The number of hydrogen-bond acceptors (Lipinski definition) is 3. The molecule has 0 spiro atoms. The molecule has 0 bridgehead atoms. The molecule has 0 aliphatic rings. The molecule has 2 aromatic rings. The first-order valence-corrected chi connectivity index (χ1v) is 6.81. The van der Waals surface area contributed by atoms with E-state index in [1.807, 2.05) is 5.38 Å². The SMILES string of the molecule is OC(c1ccc(OC(F)(F)F)cc1)c1sccc1Br. The normalized spacial score (nSPS) is 13.3. The third kappa shape index (κ3) is 3.71. The number of aliphatic hydroxyl groups is 1. The van der Waals surface area contributed by atoms with E-state index in [1.165, 1.54) is 35.6 Å². The Labute approximate surface area is 119 Å². The number of alkyl halides is 3. The molecular weight excluding hydrogens is 345 g/mol. The molecule has 1 aromatic heterocycles. The van der Waals surface area contributed by atoms with Crippen molar-refractivity contribution in [2.45, 2.75) is 12.5 Å². The van der Waals surface area contributed by atoms with E-state index in [4.69, 9.17) is 0 Å². The summed E-state index contributed by atoms with van der Waals surface area (Å²) in [5.41, 5.74) is 0.498. The zero-order chi connectivity index (χ0) is 14.0. The number of thiophene rings is 1. The van der Waals surface area contributed by atoms with Crippen molar-refractivity contribution < 1.29 is 23.0 Å². The van der Waals surface area contributed by atoms with E-state index in [0.29, 0.717) is 10.4 Å². The second kappa shape index (κ2) is 5.52. The Kier molecular flexibility index (Phi) is 4.17. The zero-order valence-electron chi connectivity index (χ0n) is 9.32. The number of halogens is 4. The van der Waals surface area contributed by atoms with Gasteiger partial charge in [-0.15, -0.1) is 24.5 Å². The fourth-order valence-corrected chi connectivity index (χ4v) is 3.10. The molecule has 0 radical (unpaired) electrons. The summed E-state index contributed by atoms with van der Waals surface area (Å²) in [6, 6.07) is 6.95. The van der Waals surface area contributed by atoms with E-state index < -0.39 is 12.5 Å². The largest absolute Gasteiger partial charge is 0.573 e. The van der Waals surface area contributed by atoms with E-state index in [-0.39, 0.29) is 5.75 Å². The van der Waals surface area contributed by atoms with Crippen LogP contribution in [0.3, 0.4) is 0 Å². The third-order valence-electron chi connectivity index (χ3n) is 2.32. The molecule has 2 rings (SSSR count). The highest BCUT2D eigenvalue weighted by atomic mass is 79.9. The number of ether oxygens (including phenoxy) is 1. The molecular formula is C12H8BrF3O2S. The van der Waals surface area contributed by atoms with Crippen LogP contribution in [0.2, 0.25) is 0 Å². The summed E-state index contributed by atoms with van der Waals surface area (Å²) in [5.74, 6) is -0.311. The van der Waals surface area contributed by atoms with Gasteiger partial charge in [0.25, 0.3) is 0 Å². The first-order valence-electron chi connectivity index (χ1n) is 5.13. The Morgan fingerprint density at radius 3 is 2.26 bits per heavy atom. The number of hydrogen-bond donors (Lipinski definition) is 1. The van der Waals surface area contributed by atoms with E-state index >= 15 is 0 Å². The van der Waals surface area contributed by atoms with Crippen molar-refractivity contribution in [2.75, 3.05) is 0 Å². The average Bonchev–Trinajstić information content (AvgIpc) is 2.73. The fraction of sp³-hybridized carbons (Fsp3) is 0.167. The van der Waals surface area contributed by atoms with Gasteiger partial charge in [-0.25, -0.2) is 0 Å². The minimum absolute atomic E-state index is 0.311. The predicted octanol–water partition coefficient (Wildman–Crippen LogP) is 4.49. The van der Waals surface area contributed by atoms with Crippen molar-refractivity contribution in [3.05, 3.63) is 50.6 Å². The van der Waals surface area contributed by atoms with Crippen LogP contribution in [0.1, 0.15) is 16.5 Å². The summed E-state index contributed by atoms with van der Waals surface area (Å²) in [6.07, 6.45) is -5.59. The van der Waals surface area contributed by atoms with E-state index in [1.54, 1.807) is 6.07 Å². The summed E-state index contributed by atoms with van der Waals surface area (Å²) in [7, 11) is 0. The van der Waals surface area contributed by atoms with E-state index in [2.05, 4.69) is 20.7 Å². The van der Waals surface area contributed by atoms with Crippen molar-refractivity contribution in [2.24, 2.45) is 0 Å². The highest BCUT2D eigenvalue weighted by molar-refractivity contribution is 9.10. The van der Waals surface area contributed by atoms with Crippen LogP contribution < -0.4 is 4.74 Å². The summed E-state index contributed by atoms with van der Waals surface area (Å²) in [5, 5.41) is 11.9.